The molecular weight excluding hydrogens is 292 g/mol. The molecule has 0 bridgehead atoms. The lowest BCUT2D eigenvalue weighted by Crippen LogP contribution is -2.25. The van der Waals surface area contributed by atoms with Gasteiger partial charge in [0.2, 0.25) is 0 Å². The van der Waals surface area contributed by atoms with Gasteiger partial charge in [0.1, 0.15) is 4.88 Å². The molecule has 2 aromatic heterocycles. The first-order valence-corrected chi connectivity index (χ1v) is 8.54. The summed E-state index contributed by atoms with van der Waals surface area (Å²) in [5.41, 5.74) is 0.922. The second-order valence-corrected chi connectivity index (χ2v) is 6.31. The van der Waals surface area contributed by atoms with Crippen molar-refractivity contribution in [3.05, 3.63) is 40.8 Å². The molecule has 0 saturated carbocycles. The molecular formula is C14H18N2O2S2. The summed E-state index contributed by atoms with van der Waals surface area (Å²) in [4.78, 5) is 12.9. The maximum absolute atomic E-state index is 12.1. The van der Waals surface area contributed by atoms with Crippen LogP contribution in [0.25, 0.3) is 5.69 Å². The molecule has 108 valence electrons. The van der Waals surface area contributed by atoms with Crippen LogP contribution in [0.1, 0.15) is 16.1 Å². The molecule has 0 unspecified atom stereocenters. The van der Waals surface area contributed by atoms with Gasteiger partial charge in [0.15, 0.2) is 0 Å². The lowest BCUT2D eigenvalue weighted by Gasteiger charge is -2.06. The number of nitrogens with one attached hydrogen (secondary N) is 1. The molecule has 4 nitrogen and oxygen atoms in total. The molecule has 0 fully saturated rings. The molecule has 0 aliphatic carbocycles. The quantitative estimate of drug-likeness (QED) is 0.736. The van der Waals surface area contributed by atoms with Crippen LogP contribution in [0.15, 0.2) is 36.0 Å². The fourth-order valence-corrected chi connectivity index (χ4v) is 3.35. The van der Waals surface area contributed by atoms with Gasteiger partial charge in [-0.25, -0.2) is 0 Å². The summed E-state index contributed by atoms with van der Waals surface area (Å²) < 4.78 is 1.95. The van der Waals surface area contributed by atoms with E-state index in [4.69, 9.17) is 5.11 Å². The summed E-state index contributed by atoms with van der Waals surface area (Å²) in [7, 11) is 0. The number of amides is 1. The van der Waals surface area contributed by atoms with Crippen LogP contribution in [-0.2, 0) is 0 Å². The first-order chi connectivity index (χ1) is 9.83. The number of thiophene rings is 1. The lowest BCUT2D eigenvalue weighted by molar-refractivity contribution is 0.0960. The smallest absolute Gasteiger partial charge is 0.263 e. The number of rotatable bonds is 8. The van der Waals surface area contributed by atoms with Crippen LogP contribution in [0.4, 0.5) is 0 Å². The minimum atomic E-state index is -0.0218. The topological polar surface area (TPSA) is 54.3 Å². The Hall–Kier alpha value is -1.24. The van der Waals surface area contributed by atoms with Crippen molar-refractivity contribution in [2.75, 3.05) is 24.7 Å². The number of carbonyl (C=O) groups is 1. The molecule has 2 aromatic rings. The van der Waals surface area contributed by atoms with Crippen LogP contribution in [0.3, 0.4) is 0 Å². The summed E-state index contributed by atoms with van der Waals surface area (Å²) in [5, 5.41) is 13.5. The molecule has 6 heteroatoms. The largest absolute Gasteiger partial charge is 0.396 e. The highest BCUT2D eigenvalue weighted by Crippen LogP contribution is 2.21. The molecule has 0 aromatic carbocycles. The second kappa shape index (κ2) is 8.14. The Morgan fingerprint density at radius 2 is 2.15 bits per heavy atom. The van der Waals surface area contributed by atoms with Crippen molar-refractivity contribution in [3.63, 3.8) is 0 Å². The van der Waals surface area contributed by atoms with E-state index in [1.165, 1.54) is 11.3 Å². The fraction of sp³-hybridized carbons (Fsp3) is 0.357. The third kappa shape index (κ3) is 4.13. The molecule has 0 aliphatic rings. The van der Waals surface area contributed by atoms with Crippen molar-refractivity contribution < 1.29 is 9.90 Å². The van der Waals surface area contributed by atoms with E-state index in [0.29, 0.717) is 6.54 Å². The van der Waals surface area contributed by atoms with Gasteiger partial charge in [-0.15, -0.1) is 11.3 Å². The van der Waals surface area contributed by atoms with E-state index < -0.39 is 0 Å². The predicted octanol–water partition coefficient (Wildman–Crippen LogP) is 2.38. The molecule has 0 aliphatic heterocycles. The molecule has 0 spiro atoms. The Labute approximate surface area is 126 Å². The van der Waals surface area contributed by atoms with Crippen LogP contribution in [0, 0.1) is 0 Å². The van der Waals surface area contributed by atoms with Crippen molar-refractivity contribution >= 4 is 29.0 Å². The van der Waals surface area contributed by atoms with Gasteiger partial charge in [-0.2, -0.15) is 11.8 Å². The molecule has 1 amide bonds. The SMILES string of the molecule is O=C(NCCSCCCO)c1sccc1-n1cccc1. The van der Waals surface area contributed by atoms with Crippen molar-refractivity contribution in [3.8, 4) is 5.69 Å². The Morgan fingerprint density at radius 1 is 1.35 bits per heavy atom. The number of aromatic nitrogens is 1. The van der Waals surface area contributed by atoms with Crippen molar-refractivity contribution in [2.45, 2.75) is 6.42 Å². The van der Waals surface area contributed by atoms with E-state index in [1.807, 2.05) is 40.5 Å². The van der Waals surface area contributed by atoms with E-state index in [2.05, 4.69) is 5.32 Å². The third-order valence-corrected chi connectivity index (χ3v) is 4.68. The summed E-state index contributed by atoms with van der Waals surface area (Å²) >= 11 is 3.20. The molecule has 0 saturated heterocycles. The predicted molar refractivity (Wildman–Crippen MR) is 85.0 cm³/mol. The number of carbonyl (C=O) groups excluding carboxylic acids is 1. The zero-order chi connectivity index (χ0) is 14.2. The molecule has 2 rings (SSSR count). The minimum Gasteiger partial charge on any atom is -0.396 e. The Kier molecular flexibility index (Phi) is 6.17. The minimum absolute atomic E-state index is 0.0218. The maximum Gasteiger partial charge on any atom is 0.263 e. The zero-order valence-electron chi connectivity index (χ0n) is 11.1. The van der Waals surface area contributed by atoms with E-state index in [-0.39, 0.29) is 12.5 Å². The Morgan fingerprint density at radius 3 is 2.90 bits per heavy atom. The average Bonchev–Trinajstić information content (AvgIpc) is 3.11. The molecule has 0 atom stereocenters. The van der Waals surface area contributed by atoms with Crippen molar-refractivity contribution in [1.82, 2.24) is 9.88 Å². The maximum atomic E-state index is 12.1. The van der Waals surface area contributed by atoms with Gasteiger partial charge >= 0.3 is 0 Å². The van der Waals surface area contributed by atoms with Crippen molar-refractivity contribution in [2.24, 2.45) is 0 Å². The second-order valence-electron chi connectivity index (χ2n) is 4.17. The Bertz CT molecular complexity index is 523. The van der Waals surface area contributed by atoms with Gasteiger partial charge in [0, 0.05) is 31.3 Å². The van der Waals surface area contributed by atoms with Gasteiger partial charge < -0.3 is 15.0 Å². The summed E-state index contributed by atoms with van der Waals surface area (Å²) in [6.45, 7) is 0.882. The van der Waals surface area contributed by atoms with Gasteiger partial charge in [-0.1, -0.05) is 0 Å². The van der Waals surface area contributed by atoms with E-state index in [9.17, 15) is 4.79 Å². The van der Waals surface area contributed by atoms with Crippen LogP contribution >= 0.6 is 23.1 Å². The van der Waals surface area contributed by atoms with Crippen LogP contribution < -0.4 is 5.32 Å². The van der Waals surface area contributed by atoms with Crippen molar-refractivity contribution in [1.29, 1.82) is 0 Å². The highest BCUT2D eigenvalue weighted by molar-refractivity contribution is 7.99. The monoisotopic (exact) mass is 310 g/mol. The van der Waals surface area contributed by atoms with Crippen LogP contribution in [0.2, 0.25) is 0 Å². The Balaban J connectivity index is 1.83. The standard InChI is InChI=1S/C14H18N2O2S2/c17-8-3-9-19-11-5-15-14(18)13-12(4-10-20-13)16-6-1-2-7-16/h1-2,4,6-7,10,17H,3,5,8-9,11H2,(H,15,18). The number of aliphatic hydroxyl groups is 1. The van der Waals surface area contributed by atoms with E-state index in [0.717, 1.165) is 28.5 Å². The molecule has 20 heavy (non-hydrogen) atoms. The van der Waals surface area contributed by atoms with E-state index >= 15 is 0 Å². The first-order valence-electron chi connectivity index (χ1n) is 6.50. The van der Waals surface area contributed by atoms with Gasteiger partial charge in [0.05, 0.1) is 5.69 Å². The highest BCUT2D eigenvalue weighted by Gasteiger charge is 2.13. The molecule has 0 radical (unpaired) electrons. The van der Waals surface area contributed by atoms with Crippen LogP contribution in [-0.4, -0.2) is 40.2 Å². The fourth-order valence-electron chi connectivity index (χ4n) is 1.76. The van der Waals surface area contributed by atoms with Gasteiger partial charge in [-0.05, 0) is 35.8 Å². The molecule has 2 heterocycles. The lowest BCUT2D eigenvalue weighted by atomic mass is 10.3. The highest BCUT2D eigenvalue weighted by atomic mass is 32.2. The summed E-state index contributed by atoms with van der Waals surface area (Å²) in [6, 6.07) is 5.84. The van der Waals surface area contributed by atoms with Gasteiger partial charge in [-0.3, -0.25) is 4.79 Å². The summed E-state index contributed by atoms with van der Waals surface area (Å²) in [6.07, 6.45) is 4.68. The van der Waals surface area contributed by atoms with Gasteiger partial charge in [0.25, 0.3) is 5.91 Å². The number of aliphatic hydroxyl groups excluding tert-OH is 1. The van der Waals surface area contributed by atoms with Crippen LogP contribution in [0.5, 0.6) is 0 Å². The number of hydrogen-bond acceptors (Lipinski definition) is 4. The number of hydrogen-bond donors (Lipinski definition) is 2. The van der Waals surface area contributed by atoms with E-state index in [1.54, 1.807) is 11.8 Å². The number of nitrogens with zero attached hydrogens (tertiary/aromatic N) is 1. The normalized spacial score (nSPS) is 10.7. The zero-order valence-corrected chi connectivity index (χ0v) is 12.8. The summed E-state index contributed by atoms with van der Waals surface area (Å²) in [5.74, 6) is 1.78. The third-order valence-electron chi connectivity index (χ3n) is 2.71. The number of thioether (sulfide) groups is 1. The first kappa shape index (κ1) is 15.2. The average molecular weight is 310 g/mol. The molecule has 2 N–H and O–H groups in total.